The zero-order valence-corrected chi connectivity index (χ0v) is 71.3. The van der Waals surface area contributed by atoms with Gasteiger partial charge in [-0.1, -0.05) is 105 Å². The molecule has 0 saturated carbocycles. The number of carbonyl (C=O) groups is 4. The summed E-state index contributed by atoms with van der Waals surface area (Å²) in [6.07, 6.45) is 25.1. The molecule has 14 heterocycles. The third-order valence-corrected chi connectivity index (χ3v) is 22.0. The highest BCUT2D eigenvalue weighted by Crippen LogP contribution is 2.42. The number of ether oxygens (including phenoxy) is 2. The summed E-state index contributed by atoms with van der Waals surface area (Å²) >= 11 is 0. The van der Waals surface area contributed by atoms with E-state index in [9.17, 15) is 28.0 Å². The number of benzene rings is 6. The number of carbonyl (C=O) groups excluding carboxylic acids is 4. The second kappa shape index (κ2) is 39.9. The maximum Gasteiger partial charge on any atom is 0.233 e. The van der Waals surface area contributed by atoms with Gasteiger partial charge in [0.1, 0.15) is 34.8 Å². The monoisotopic (exact) mass is 1760 g/mol. The fourth-order valence-electron chi connectivity index (χ4n) is 15.6. The van der Waals surface area contributed by atoms with Gasteiger partial charge in [-0.3, -0.25) is 48.7 Å². The molecule has 10 aromatic heterocycles. The smallest absolute Gasteiger partial charge is 0.233 e. The van der Waals surface area contributed by atoms with Crippen LogP contribution in [0.5, 0.6) is 11.5 Å². The molecule has 664 valence electrons. The summed E-state index contributed by atoms with van der Waals surface area (Å²) in [6.45, 7) is 16.9. The summed E-state index contributed by atoms with van der Waals surface area (Å²) in [7, 11) is 1.40. The number of hydrogen-bond donors (Lipinski definition) is 0. The molecule has 4 amide bonds. The SMILES string of the molecule is C.C.C.CC(C)Oc1cc(F)ccc1-c1ncc2c(n1)N(Cc1ccc(-n3nccn3)cc1)C(=O)C2.CC(C)c1ncccc1-c1ncc2c(n1)N([C@@H](C)c1ccc(-n3cccn3)cc1)C(=O)C2.CC(C)c1ncccc1-c1ncc2c(n1)N([C@H](C)c1ccc(-n3cccn3)cc1)C(=O)C2.COc1c(F)cccc1-c1ncc2c(n1)N(Cc1ccc(-n3nccn3)cc1)C(=O)C2. The summed E-state index contributed by atoms with van der Waals surface area (Å²) < 4.78 is 42.5. The van der Waals surface area contributed by atoms with Crippen LogP contribution in [-0.4, -0.2) is 136 Å². The molecule has 2 atom stereocenters. The molecular weight excluding hydrogens is 1660 g/mol. The Labute approximate surface area is 756 Å². The van der Waals surface area contributed by atoms with Crippen molar-refractivity contribution in [2.45, 2.75) is 146 Å². The zero-order chi connectivity index (χ0) is 88.8. The van der Waals surface area contributed by atoms with E-state index in [4.69, 9.17) is 19.4 Å². The van der Waals surface area contributed by atoms with Crippen LogP contribution in [0.3, 0.4) is 0 Å². The molecule has 4 aliphatic heterocycles. The predicted molar refractivity (Wildman–Crippen MR) is 495 cm³/mol. The first-order valence-corrected chi connectivity index (χ1v) is 41.7. The van der Waals surface area contributed by atoms with Gasteiger partial charge < -0.3 is 9.47 Å². The van der Waals surface area contributed by atoms with E-state index in [1.807, 2.05) is 183 Å². The van der Waals surface area contributed by atoms with Crippen molar-refractivity contribution in [2.24, 2.45) is 0 Å². The molecule has 0 fully saturated rings. The largest absolute Gasteiger partial charge is 0.493 e. The van der Waals surface area contributed by atoms with Gasteiger partial charge in [0.25, 0.3) is 0 Å². The molecule has 16 aromatic rings. The summed E-state index contributed by atoms with van der Waals surface area (Å²) in [5.41, 5.74) is 15.5. The van der Waals surface area contributed by atoms with Crippen molar-refractivity contribution in [3.8, 4) is 79.8 Å². The molecule has 20 rings (SSSR count). The lowest BCUT2D eigenvalue weighted by atomic mass is 10.0. The van der Waals surface area contributed by atoms with Gasteiger partial charge in [0.05, 0.1) is 134 Å². The lowest BCUT2D eigenvalue weighted by Crippen LogP contribution is -2.30. The Morgan fingerprint density at radius 3 is 1.15 bits per heavy atom. The van der Waals surface area contributed by atoms with Crippen LogP contribution in [0.15, 0.2) is 257 Å². The molecule has 0 aliphatic carbocycles. The number of halogens is 2. The van der Waals surface area contributed by atoms with Gasteiger partial charge >= 0.3 is 0 Å². The van der Waals surface area contributed by atoms with E-state index in [-0.39, 0.29) is 94.5 Å². The van der Waals surface area contributed by atoms with Gasteiger partial charge in [0.15, 0.2) is 34.9 Å². The van der Waals surface area contributed by atoms with Gasteiger partial charge in [-0.2, -0.15) is 40.2 Å². The van der Waals surface area contributed by atoms with Gasteiger partial charge in [-0.25, -0.2) is 58.0 Å². The number of para-hydroxylation sites is 1. The van der Waals surface area contributed by atoms with E-state index >= 15 is 0 Å². The Morgan fingerprint density at radius 2 is 0.756 bits per heavy atom. The van der Waals surface area contributed by atoms with Crippen molar-refractivity contribution in [1.29, 1.82) is 0 Å². The highest BCUT2D eigenvalue weighted by Gasteiger charge is 2.38. The number of fused-ring (bicyclic) bond motifs is 4. The molecule has 0 radical (unpaired) electrons. The Morgan fingerprint density at radius 1 is 0.374 bits per heavy atom. The minimum absolute atomic E-state index is 0. The molecular formula is C99H98F2N24O6. The lowest BCUT2D eigenvalue weighted by molar-refractivity contribution is -0.118. The van der Waals surface area contributed by atoms with Gasteiger partial charge in [-0.15, -0.1) is 0 Å². The first-order chi connectivity index (χ1) is 62.2. The van der Waals surface area contributed by atoms with Crippen LogP contribution in [0.4, 0.5) is 32.1 Å². The van der Waals surface area contributed by atoms with Crippen LogP contribution < -0.4 is 29.1 Å². The van der Waals surface area contributed by atoms with E-state index in [1.165, 1.54) is 34.9 Å². The number of amides is 4. The van der Waals surface area contributed by atoms with Crippen LogP contribution in [0.2, 0.25) is 0 Å². The van der Waals surface area contributed by atoms with Crippen molar-refractivity contribution in [3.05, 3.63) is 324 Å². The number of rotatable bonds is 21. The molecule has 0 unspecified atom stereocenters. The molecule has 131 heavy (non-hydrogen) atoms. The zero-order valence-electron chi connectivity index (χ0n) is 71.3. The minimum Gasteiger partial charge on any atom is -0.493 e. The third kappa shape index (κ3) is 19.5. The topological polar surface area (TPSA) is 326 Å². The van der Waals surface area contributed by atoms with Crippen molar-refractivity contribution in [1.82, 2.24) is 99.4 Å². The van der Waals surface area contributed by atoms with Crippen molar-refractivity contribution in [3.63, 3.8) is 0 Å². The predicted octanol–water partition coefficient (Wildman–Crippen LogP) is 17.6. The van der Waals surface area contributed by atoms with Crippen molar-refractivity contribution in [2.75, 3.05) is 26.7 Å². The van der Waals surface area contributed by atoms with Crippen LogP contribution in [0, 0.1) is 11.6 Å². The molecule has 0 N–H and O–H groups in total. The normalized spacial score (nSPS) is 13.2. The maximum absolute atomic E-state index is 14.1. The van der Waals surface area contributed by atoms with Gasteiger partial charge in [-0.05, 0) is 171 Å². The minimum atomic E-state index is -0.496. The molecule has 30 nitrogen and oxygen atoms in total. The van der Waals surface area contributed by atoms with Crippen LogP contribution in [0.25, 0.3) is 68.3 Å². The van der Waals surface area contributed by atoms with E-state index < -0.39 is 11.6 Å². The van der Waals surface area contributed by atoms with E-state index in [1.54, 1.807) is 112 Å². The molecule has 32 heteroatoms. The number of aromatic nitrogens is 20. The highest BCUT2D eigenvalue weighted by atomic mass is 19.1. The number of methoxy groups -OCH3 is 1. The Balaban J connectivity index is 0.000000140. The third-order valence-electron chi connectivity index (χ3n) is 22.0. The summed E-state index contributed by atoms with van der Waals surface area (Å²) in [5.74, 6) is 4.30. The van der Waals surface area contributed by atoms with Crippen molar-refractivity contribution >= 4 is 46.9 Å². The molecule has 0 spiro atoms. The average Bonchev–Trinajstić information content (AvgIpc) is 1.64. The Kier molecular flexibility index (Phi) is 27.8. The van der Waals surface area contributed by atoms with Crippen molar-refractivity contribution < 1.29 is 37.4 Å². The molecule has 6 aromatic carbocycles. The molecule has 4 aliphatic rings. The van der Waals surface area contributed by atoms with E-state index in [2.05, 4.69) is 98.2 Å². The standard InChI is InChI=1S/2C25H24N6O.C24H21FN6O2.C22H17FN6O2.3CH4/c2*1-16(2)23-21(6-4-11-26-23)24-27-15-19-14-22(32)31(25(19)29-24)17(3)18-7-9-20(10-8-18)30-13-5-12-28-30;1-15(2)33-21-12-18(25)5-8-20(21)23-26-13-17-11-22(32)30(24(17)29-23)14-16-3-6-19(7-4-16)31-27-9-10-28-31;1-31-20-17(3-2-4-18(20)23)21-24-12-15-11-19(30)28(22(15)27-21)13-14-5-7-16(8-6-14)29-25-9-10-26-29;;;/h2*4-13,15-17H,14H2,1-3H3;3-10,12-13,15H,11,14H2,1-2H3;2-10,12H,11,13H2,1H3;3*1H4/t2*17-;;;;;/m10...../s1. The van der Waals surface area contributed by atoms with E-state index in [0.717, 1.165) is 89.8 Å². The number of pyridine rings is 2. The Bertz CT molecular complexity index is 6500. The van der Waals surface area contributed by atoms with E-state index in [0.29, 0.717) is 89.4 Å². The first kappa shape index (κ1) is 91.2. The maximum atomic E-state index is 14.1. The van der Waals surface area contributed by atoms with Gasteiger partial charge in [0, 0.05) is 101 Å². The number of nitrogens with zero attached hydrogens (tertiary/aromatic N) is 24. The Hall–Kier alpha value is -16.0. The number of hydrogen-bond acceptors (Lipinski definition) is 22. The fraction of sp³-hybridized carbons (Fsp3) is 0.232. The second-order valence-corrected chi connectivity index (χ2v) is 31.6. The summed E-state index contributed by atoms with van der Waals surface area (Å²) in [5, 5.41) is 25.0. The fourth-order valence-corrected chi connectivity index (χ4v) is 15.6. The quantitative estimate of drug-likeness (QED) is 0.0645. The van der Waals surface area contributed by atoms with Crippen LogP contribution >= 0.6 is 0 Å². The highest BCUT2D eigenvalue weighted by molar-refractivity contribution is 6.03. The lowest BCUT2D eigenvalue weighted by Gasteiger charge is -2.25. The first-order valence-electron chi connectivity index (χ1n) is 41.7. The molecule has 0 saturated heterocycles. The van der Waals surface area contributed by atoms with Crippen LogP contribution in [-0.2, 0) is 58.0 Å². The molecule has 0 bridgehead atoms. The van der Waals surface area contributed by atoms with Crippen LogP contribution in [0.1, 0.15) is 157 Å². The summed E-state index contributed by atoms with van der Waals surface area (Å²) in [4.78, 5) is 107. The second-order valence-electron chi connectivity index (χ2n) is 31.6. The van der Waals surface area contributed by atoms with Gasteiger partial charge in [0.2, 0.25) is 23.6 Å². The average molecular weight is 1760 g/mol. The summed E-state index contributed by atoms with van der Waals surface area (Å²) in [6, 6.07) is 51.5. The number of anilines is 4.